The third-order valence-corrected chi connectivity index (χ3v) is 4.85. The molecule has 1 atom stereocenters. The molecule has 2 N–H and O–H groups in total. The molecule has 2 aliphatic rings. The summed E-state index contributed by atoms with van der Waals surface area (Å²) in [6.45, 7) is 1.83. The number of carbonyl (C=O) groups excluding carboxylic acids is 1. The largest absolute Gasteiger partial charge is 0.490 e. The first-order valence-electron chi connectivity index (χ1n) is 9.05. The number of aryl methyl sites for hydroxylation is 1. The number of nitrogens with one attached hydrogen (secondary N) is 2. The summed E-state index contributed by atoms with van der Waals surface area (Å²) in [7, 11) is 0. The van der Waals surface area contributed by atoms with Gasteiger partial charge in [-0.25, -0.2) is 0 Å². The predicted molar refractivity (Wildman–Crippen MR) is 98.9 cm³/mol. The SMILES string of the molecule is Cl.O=C(CCc1cccc(OC2CCCC2)c1)NCC1CCCN1. The zero-order valence-electron chi connectivity index (χ0n) is 14.3. The zero-order chi connectivity index (χ0) is 15.9. The standard InChI is InChI=1S/C19H28N2O2.ClH/c22-19(21-14-16-6-4-12-20-16)11-10-15-5-3-9-18(13-15)23-17-7-1-2-8-17;/h3,5,9,13,16-17,20H,1-2,4,6-8,10-12,14H2,(H,21,22);1H. The molecule has 2 fully saturated rings. The van der Waals surface area contributed by atoms with Crippen LogP contribution < -0.4 is 15.4 Å². The van der Waals surface area contributed by atoms with Crippen molar-refractivity contribution < 1.29 is 9.53 Å². The molecule has 1 aliphatic carbocycles. The minimum absolute atomic E-state index is 0. The summed E-state index contributed by atoms with van der Waals surface area (Å²) in [5, 5.41) is 6.43. The third kappa shape index (κ3) is 5.99. The van der Waals surface area contributed by atoms with Gasteiger partial charge >= 0.3 is 0 Å². The minimum Gasteiger partial charge on any atom is -0.490 e. The maximum atomic E-state index is 12.0. The Balaban J connectivity index is 0.00000208. The Morgan fingerprint density at radius 1 is 1.21 bits per heavy atom. The van der Waals surface area contributed by atoms with Gasteiger partial charge < -0.3 is 15.4 Å². The minimum atomic E-state index is 0. The van der Waals surface area contributed by atoms with Crippen molar-refractivity contribution in [3.05, 3.63) is 29.8 Å². The molecule has 3 rings (SSSR count). The molecule has 1 unspecified atom stereocenters. The van der Waals surface area contributed by atoms with Crippen LogP contribution >= 0.6 is 12.4 Å². The summed E-state index contributed by atoms with van der Waals surface area (Å²) in [5.74, 6) is 1.09. The smallest absolute Gasteiger partial charge is 0.220 e. The van der Waals surface area contributed by atoms with Crippen molar-refractivity contribution in [3.63, 3.8) is 0 Å². The van der Waals surface area contributed by atoms with E-state index in [-0.39, 0.29) is 18.3 Å². The van der Waals surface area contributed by atoms with Crippen LogP contribution in [0.2, 0.25) is 0 Å². The van der Waals surface area contributed by atoms with Crippen molar-refractivity contribution >= 4 is 18.3 Å². The molecule has 24 heavy (non-hydrogen) atoms. The van der Waals surface area contributed by atoms with Gasteiger partial charge in [0.05, 0.1) is 6.10 Å². The fourth-order valence-electron chi connectivity index (χ4n) is 3.49. The van der Waals surface area contributed by atoms with Gasteiger partial charge in [-0.05, 0) is 69.2 Å². The second-order valence-corrected chi connectivity index (χ2v) is 6.77. The van der Waals surface area contributed by atoms with E-state index in [0.29, 0.717) is 18.6 Å². The van der Waals surface area contributed by atoms with Crippen LogP contribution in [-0.4, -0.2) is 31.1 Å². The number of carbonyl (C=O) groups is 1. The average Bonchev–Trinajstić information content (AvgIpc) is 3.25. The Bertz CT molecular complexity index is 512. The van der Waals surface area contributed by atoms with Crippen LogP contribution in [0.4, 0.5) is 0 Å². The van der Waals surface area contributed by atoms with Gasteiger partial charge in [0, 0.05) is 19.0 Å². The van der Waals surface area contributed by atoms with Crippen LogP contribution in [0.3, 0.4) is 0 Å². The van der Waals surface area contributed by atoms with Gasteiger partial charge in [-0.1, -0.05) is 12.1 Å². The van der Waals surface area contributed by atoms with Gasteiger partial charge in [0.25, 0.3) is 0 Å². The quantitative estimate of drug-likeness (QED) is 0.792. The molecule has 1 aromatic rings. The summed E-state index contributed by atoms with van der Waals surface area (Å²) in [5.41, 5.74) is 1.18. The van der Waals surface area contributed by atoms with Crippen molar-refractivity contribution in [3.8, 4) is 5.75 Å². The van der Waals surface area contributed by atoms with Gasteiger partial charge in [0.15, 0.2) is 0 Å². The lowest BCUT2D eigenvalue weighted by Crippen LogP contribution is -2.37. The molecule has 1 aliphatic heterocycles. The van der Waals surface area contributed by atoms with E-state index in [1.807, 2.05) is 12.1 Å². The molecule has 0 radical (unpaired) electrons. The summed E-state index contributed by atoms with van der Waals surface area (Å²) >= 11 is 0. The van der Waals surface area contributed by atoms with E-state index in [2.05, 4.69) is 22.8 Å². The number of hydrogen-bond acceptors (Lipinski definition) is 3. The first kappa shape index (κ1) is 19.1. The molecule has 4 nitrogen and oxygen atoms in total. The predicted octanol–water partition coefficient (Wildman–Crippen LogP) is 3.23. The van der Waals surface area contributed by atoms with E-state index >= 15 is 0 Å². The lowest BCUT2D eigenvalue weighted by atomic mass is 10.1. The molecule has 5 heteroatoms. The van der Waals surface area contributed by atoms with Crippen molar-refractivity contribution in [2.75, 3.05) is 13.1 Å². The molecule has 1 heterocycles. The van der Waals surface area contributed by atoms with Crippen LogP contribution in [0.25, 0.3) is 0 Å². The normalized spacial score (nSPS) is 20.6. The fraction of sp³-hybridized carbons (Fsp3) is 0.632. The summed E-state index contributed by atoms with van der Waals surface area (Å²) in [6.07, 6.45) is 8.97. The lowest BCUT2D eigenvalue weighted by molar-refractivity contribution is -0.121. The van der Waals surface area contributed by atoms with Gasteiger partial charge in [-0.3, -0.25) is 4.79 Å². The van der Waals surface area contributed by atoms with Gasteiger partial charge in [0.2, 0.25) is 5.91 Å². The van der Waals surface area contributed by atoms with Crippen LogP contribution in [0.1, 0.15) is 50.5 Å². The van der Waals surface area contributed by atoms with Crippen molar-refractivity contribution in [2.45, 2.75) is 63.5 Å². The van der Waals surface area contributed by atoms with Crippen LogP contribution in [0.15, 0.2) is 24.3 Å². The second kappa shape index (κ2) is 9.90. The van der Waals surface area contributed by atoms with Crippen LogP contribution in [0, 0.1) is 0 Å². The highest BCUT2D eigenvalue weighted by molar-refractivity contribution is 5.85. The molecule has 1 saturated carbocycles. The highest BCUT2D eigenvalue weighted by Crippen LogP contribution is 2.24. The summed E-state index contributed by atoms with van der Waals surface area (Å²) < 4.78 is 6.03. The maximum Gasteiger partial charge on any atom is 0.220 e. The monoisotopic (exact) mass is 352 g/mol. The fourth-order valence-corrected chi connectivity index (χ4v) is 3.49. The number of benzene rings is 1. The first-order valence-corrected chi connectivity index (χ1v) is 9.05. The Morgan fingerprint density at radius 3 is 2.79 bits per heavy atom. The van der Waals surface area contributed by atoms with Gasteiger partial charge in [0.1, 0.15) is 5.75 Å². The van der Waals surface area contributed by atoms with E-state index in [4.69, 9.17) is 4.74 Å². The lowest BCUT2D eigenvalue weighted by Gasteiger charge is -2.14. The maximum absolute atomic E-state index is 12.0. The van der Waals surface area contributed by atoms with E-state index in [9.17, 15) is 4.79 Å². The van der Waals surface area contributed by atoms with Gasteiger partial charge in [-0.15, -0.1) is 12.4 Å². The zero-order valence-corrected chi connectivity index (χ0v) is 15.1. The van der Waals surface area contributed by atoms with E-state index in [0.717, 1.165) is 25.3 Å². The Hall–Kier alpha value is -1.26. The van der Waals surface area contributed by atoms with E-state index in [1.165, 1.54) is 44.1 Å². The molecule has 0 aromatic heterocycles. The number of hydrogen-bond donors (Lipinski definition) is 2. The number of ether oxygens (including phenoxy) is 1. The Kier molecular flexibility index (Phi) is 7.86. The van der Waals surface area contributed by atoms with E-state index in [1.54, 1.807) is 0 Å². The molecule has 134 valence electrons. The van der Waals surface area contributed by atoms with Crippen LogP contribution in [0.5, 0.6) is 5.75 Å². The summed E-state index contributed by atoms with van der Waals surface area (Å²) in [4.78, 5) is 12.0. The third-order valence-electron chi connectivity index (χ3n) is 4.85. The Labute approximate surface area is 151 Å². The summed E-state index contributed by atoms with van der Waals surface area (Å²) in [6, 6.07) is 8.67. The van der Waals surface area contributed by atoms with Gasteiger partial charge in [-0.2, -0.15) is 0 Å². The molecule has 0 bridgehead atoms. The molecular formula is C19H29ClN2O2. The molecular weight excluding hydrogens is 324 g/mol. The number of amides is 1. The van der Waals surface area contributed by atoms with Crippen molar-refractivity contribution in [1.82, 2.24) is 10.6 Å². The average molecular weight is 353 g/mol. The number of halogens is 1. The Morgan fingerprint density at radius 2 is 2.04 bits per heavy atom. The molecule has 1 saturated heterocycles. The van der Waals surface area contributed by atoms with E-state index < -0.39 is 0 Å². The molecule has 1 aromatic carbocycles. The van der Waals surface area contributed by atoms with Crippen molar-refractivity contribution in [1.29, 1.82) is 0 Å². The molecule has 1 amide bonds. The first-order chi connectivity index (χ1) is 11.3. The highest BCUT2D eigenvalue weighted by atomic mass is 35.5. The van der Waals surface area contributed by atoms with Crippen molar-refractivity contribution in [2.24, 2.45) is 0 Å². The molecule has 0 spiro atoms. The second-order valence-electron chi connectivity index (χ2n) is 6.77. The number of rotatable bonds is 7. The van der Waals surface area contributed by atoms with Crippen LogP contribution in [-0.2, 0) is 11.2 Å². The highest BCUT2D eigenvalue weighted by Gasteiger charge is 2.17. The topological polar surface area (TPSA) is 50.4 Å².